The number of nitrogens with zero attached hydrogens (tertiary/aromatic N) is 1. The topological polar surface area (TPSA) is 29.3 Å². The number of nitrogens with two attached hydrogens (primary N) is 1. The van der Waals surface area contributed by atoms with Crippen LogP contribution in [0, 0.1) is 17.0 Å². The van der Waals surface area contributed by atoms with Crippen LogP contribution in [0.4, 0.5) is 14.5 Å². The lowest BCUT2D eigenvalue weighted by molar-refractivity contribution is 0.325. The third kappa shape index (κ3) is 3.26. The summed E-state index contributed by atoms with van der Waals surface area (Å²) in [5.74, 6) is -1.18. The van der Waals surface area contributed by atoms with Gasteiger partial charge in [-0.15, -0.1) is 0 Å². The van der Waals surface area contributed by atoms with Gasteiger partial charge in [0.05, 0.1) is 0 Å². The lowest BCUT2D eigenvalue weighted by Gasteiger charge is -2.25. The molecule has 0 atom stereocenters. The van der Waals surface area contributed by atoms with Gasteiger partial charge in [-0.3, -0.25) is 0 Å². The Balaban J connectivity index is 2.31. The zero-order valence-electron chi connectivity index (χ0n) is 11.9. The van der Waals surface area contributed by atoms with Crippen molar-refractivity contribution in [1.29, 1.82) is 0 Å². The SMILES string of the molecule is CC1(C)CCCN(c2c(F)cc(C(N)=S)cc2F)CC1. The zero-order chi connectivity index (χ0) is 14.9. The Kier molecular flexibility index (Phi) is 4.28. The average Bonchev–Trinajstić information content (AvgIpc) is 2.50. The molecule has 2 nitrogen and oxygen atoms in total. The summed E-state index contributed by atoms with van der Waals surface area (Å²) in [4.78, 5) is 1.80. The van der Waals surface area contributed by atoms with E-state index >= 15 is 0 Å². The fourth-order valence-corrected chi connectivity index (χ4v) is 2.77. The molecule has 20 heavy (non-hydrogen) atoms. The van der Waals surface area contributed by atoms with E-state index in [1.807, 2.05) is 0 Å². The van der Waals surface area contributed by atoms with Crippen LogP contribution in [0.3, 0.4) is 0 Å². The Hall–Kier alpha value is -1.23. The molecule has 1 heterocycles. The van der Waals surface area contributed by atoms with Crippen LogP contribution in [0.25, 0.3) is 0 Å². The molecule has 0 radical (unpaired) electrons. The largest absolute Gasteiger partial charge is 0.389 e. The van der Waals surface area contributed by atoms with Gasteiger partial charge in [0.25, 0.3) is 0 Å². The maximum atomic E-state index is 14.2. The molecule has 1 aromatic rings. The van der Waals surface area contributed by atoms with Gasteiger partial charge in [-0.05, 0) is 36.8 Å². The van der Waals surface area contributed by atoms with Gasteiger partial charge in [-0.25, -0.2) is 8.78 Å². The van der Waals surface area contributed by atoms with E-state index < -0.39 is 11.6 Å². The first-order chi connectivity index (χ1) is 9.30. The Morgan fingerprint density at radius 2 is 1.80 bits per heavy atom. The Morgan fingerprint density at radius 1 is 1.20 bits per heavy atom. The molecule has 1 fully saturated rings. The number of thiocarbonyl (C=S) groups is 1. The van der Waals surface area contributed by atoms with E-state index in [-0.39, 0.29) is 21.7 Å². The molecule has 0 spiro atoms. The first-order valence-electron chi connectivity index (χ1n) is 6.84. The molecule has 0 bridgehead atoms. The summed E-state index contributed by atoms with van der Waals surface area (Å²) in [5.41, 5.74) is 5.92. The minimum atomic E-state index is -0.590. The van der Waals surface area contributed by atoms with E-state index in [9.17, 15) is 8.78 Å². The van der Waals surface area contributed by atoms with Gasteiger partial charge in [0.15, 0.2) is 0 Å². The van der Waals surface area contributed by atoms with Gasteiger partial charge in [0.2, 0.25) is 0 Å². The van der Waals surface area contributed by atoms with Gasteiger partial charge in [-0.2, -0.15) is 0 Å². The lowest BCUT2D eigenvalue weighted by Crippen LogP contribution is -2.27. The zero-order valence-corrected chi connectivity index (χ0v) is 12.7. The minimum Gasteiger partial charge on any atom is -0.389 e. The van der Waals surface area contributed by atoms with Gasteiger partial charge >= 0.3 is 0 Å². The Labute approximate surface area is 123 Å². The molecule has 110 valence electrons. The van der Waals surface area contributed by atoms with Crippen LogP contribution in [0.15, 0.2) is 12.1 Å². The highest BCUT2D eigenvalue weighted by molar-refractivity contribution is 7.80. The third-order valence-electron chi connectivity index (χ3n) is 3.96. The summed E-state index contributed by atoms with van der Waals surface area (Å²) >= 11 is 4.76. The molecule has 0 unspecified atom stereocenters. The highest BCUT2D eigenvalue weighted by Gasteiger charge is 2.26. The van der Waals surface area contributed by atoms with Crippen LogP contribution in [-0.4, -0.2) is 18.1 Å². The van der Waals surface area contributed by atoms with E-state index in [1.165, 1.54) is 12.1 Å². The van der Waals surface area contributed by atoms with E-state index in [0.717, 1.165) is 19.3 Å². The third-order valence-corrected chi connectivity index (χ3v) is 4.19. The standard InChI is InChI=1S/C15H20F2N2S/c1-15(2)4-3-6-19(7-5-15)13-11(16)8-10(14(18)20)9-12(13)17/h8-9H,3-7H2,1-2H3,(H2,18,20). The molecule has 5 heteroatoms. The van der Waals surface area contributed by atoms with E-state index in [0.29, 0.717) is 13.1 Å². The van der Waals surface area contributed by atoms with Crippen LogP contribution in [0.5, 0.6) is 0 Å². The second-order valence-corrected chi connectivity index (χ2v) is 6.60. The van der Waals surface area contributed by atoms with Crippen LogP contribution in [0.2, 0.25) is 0 Å². The summed E-state index contributed by atoms with van der Waals surface area (Å²) in [7, 11) is 0. The molecular weight excluding hydrogens is 278 g/mol. The number of anilines is 1. The predicted molar refractivity (Wildman–Crippen MR) is 82.1 cm³/mol. The second-order valence-electron chi connectivity index (χ2n) is 6.16. The first kappa shape index (κ1) is 15.2. The maximum absolute atomic E-state index is 14.2. The Bertz CT molecular complexity index is 506. The quantitative estimate of drug-likeness (QED) is 0.846. The Morgan fingerprint density at radius 3 is 2.35 bits per heavy atom. The highest BCUT2D eigenvalue weighted by Crippen LogP contribution is 2.33. The summed E-state index contributed by atoms with van der Waals surface area (Å²) in [6.07, 6.45) is 2.92. The fraction of sp³-hybridized carbons (Fsp3) is 0.533. The van der Waals surface area contributed by atoms with Crippen molar-refractivity contribution in [2.24, 2.45) is 11.1 Å². The molecule has 1 aliphatic rings. The molecule has 0 amide bonds. The number of hydrogen-bond acceptors (Lipinski definition) is 2. The summed E-state index contributed by atoms with van der Waals surface area (Å²) < 4.78 is 28.4. The van der Waals surface area contributed by atoms with Crippen molar-refractivity contribution >= 4 is 22.9 Å². The first-order valence-corrected chi connectivity index (χ1v) is 7.25. The number of halogens is 2. The molecule has 0 saturated carbocycles. The molecule has 2 rings (SSSR count). The normalized spacial score (nSPS) is 18.7. The van der Waals surface area contributed by atoms with Crippen molar-refractivity contribution in [3.63, 3.8) is 0 Å². The second kappa shape index (κ2) is 5.64. The maximum Gasteiger partial charge on any atom is 0.150 e. The number of hydrogen-bond donors (Lipinski definition) is 1. The predicted octanol–water partition coefficient (Wildman–Crippen LogP) is 3.62. The molecule has 2 N–H and O–H groups in total. The van der Waals surface area contributed by atoms with E-state index in [2.05, 4.69) is 13.8 Å². The summed E-state index contributed by atoms with van der Waals surface area (Å²) in [6, 6.07) is 2.44. The van der Waals surface area contributed by atoms with Crippen molar-refractivity contribution in [2.45, 2.75) is 33.1 Å². The molecular formula is C15H20F2N2S. The van der Waals surface area contributed by atoms with Crippen molar-refractivity contribution < 1.29 is 8.78 Å². The van der Waals surface area contributed by atoms with Gasteiger partial charge in [0, 0.05) is 18.7 Å². The molecule has 1 saturated heterocycles. The highest BCUT2D eigenvalue weighted by atomic mass is 32.1. The average molecular weight is 298 g/mol. The molecule has 0 aromatic heterocycles. The van der Waals surface area contributed by atoms with Crippen LogP contribution >= 0.6 is 12.2 Å². The monoisotopic (exact) mass is 298 g/mol. The number of rotatable bonds is 2. The minimum absolute atomic E-state index is 0.00588. The van der Waals surface area contributed by atoms with Crippen LogP contribution in [0.1, 0.15) is 38.7 Å². The van der Waals surface area contributed by atoms with Crippen LogP contribution in [-0.2, 0) is 0 Å². The fourth-order valence-electron chi connectivity index (χ4n) is 2.66. The van der Waals surface area contributed by atoms with Crippen molar-refractivity contribution in [2.75, 3.05) is 18.0 Å². The molecule has 1 aliphatic heterocycles. The van der Waals surface area contributed by atoms with E-state index in [4.69, 9.17) is 18.0 Å². The van der Waals surface area contributed by atoms with Gasteiger partial charge < -0.3 is 10.6 Å². The summed E-state index contributed by atoms with van der Waals surface area (Å²) in [6.45, 7) is 5.72. The molecule has 1 aromatic carbocycles. The van der Waals surface area contributed by atoms with Crippen molar-refractivity contribution in [3.05, 3.63) is 29.3 Å². The van der Waals surface area contributed by atoms with Gasteiger partial charge in [-0.1, -0.05) is 26.1 Å². The lowest BCUT2D eigenvalue weighted by atomic mass is 9.85. The molecule has 0 aliphatic carbocycles. The van der Waals surface area contributed by atoms with Crippen LogP contribution < -0.4 is 10.6 Å². The van der Waals surface area contributed by atoms with E-state index in [1.54, 1.807) is 4.90 Å². The van der Waals surface area contributed by atoms with Crippen molar-refractivity contribution in [3.8, 4) is 0 Å². The smallest absolute Gasteiger partial charge is 0.150 e. The summed E-state index contributed by atoms with van der Waals surface area (Å²) in [5, 5.41) is 0. The number of benzene rings is 1. The van der Waals surface area contributed by atoms with Crippen molar-refractivity contribution in [1.82, 2.24) is 0 Å². The van der Waals surface area contributed by atoms with Gasteiger partial charge in [0.1, 0.15) is 22.3 Å².